The van der Waals surface area contributed by atoms with Crippen molar-refractivity contribution in [3.63, 3.8) is 0 Å². The molecule has 0 aromatic heterocycles. The van der Waals surface area contributed by atoms with Crippen molar-refractivity contribution in [2.24, 2.45) is 0 Å². The summed E-state index contributed by atoms with van der Waals surface area (Å²) in [4.78, 5) is 0. The van der Waals surface area contributed by atoms with E-state index < -0.39 is 0 Å². The standard InChI is InChI=1S/CH3.Mo.H2S2.W/c;;1-2;/h1H3;;1-2H;/q-1;;;. The van der Waals surface area contributed by atoms with Gasteiger partial charge in [0.1, 0.15) is 0 Å². The normalized spacial score (nSPS) is 1.20. The first kappa shape index (κ1) is 27.6. The molecule has 34 valence electrons. The van der Waals surface area contributed by atoms with Crippen LogP contribution in [0.25, 0.3) is 0 Å². The van der Waals surface area contributed by atoms with Crippen LogP contribution in [-0.4, -0.2) is 0 Å². The quantitative estimate of drug-likeness (QED) is 0.276. The van der Waals surface area contributed by atoms with E-state index in [0.29, 0.717) is 0 Å². The molecule has 0 unspecified atom stereocenters. The molecule has 0 aliphatic heterocycles. The van der Waals surface area contributed by atoms with Crippen molar-refractivity contribution in [1.82, 2.24) is 0 Å². The Balaban J connectivity index is -0.00000000167. The van der Waals surface area contributed by atoms with Crippen LogP contribution in [0.2, 0.25) is 0 Å². The first-order valence-electron chi connectivity index (χ1n) is 0.200. The van der Waals surface area contributed by atoms with E-state index in [-0.39, 0.29) is 49.6 Å². The second-order valence-electron chi connectivity index (χ2n) is 0. The van der Waals surface area contributed by atoms with E-state index in [0.717, 1.165) is 0 Å². The molecule has 0 aromatic carbocycles. The summed E-state index contributed by atoms with van der Waals surface area (Å²) in [5, 5.41) is 0. The molecule has 0 aliphatic rings. The minimum Gasteiger partial charge on any atom is -0.358 e. The van der Waals surface area contributed by atoms with Crippen molar-refractivity contribution in [3.8, 4) is 0 Å². The molecule has 0 aliphatic carbocycles. The average Bonchev–Trinajstić information content (AvgIpc) is 1.00. The number of thiol groups is 2. The van der Waals surface area contributed by atoms with Crippen molar-refractivity contribution >= 4 is 23.3 Å². The fourth-order valence-electron chi connectivity index (χ4n) is 0. The number of hydrogen-bond acceptors (Lipinski definition) is 2. The maximum atomic E-state index is 3.22. The summed E-state index contributed by atoms with van der Waals surface area (Å²) in [6, 6.07) is 0. The molecule has 0 heterocycles. The summed E-state index contributed by atoms with van der Waals surface area (Å²) in [6.45, 7) is 0. The van der Waals surface area contributed by atoms with Gasteiger partial charge in [-0.3, -0.25) is 0 Å². The molecule has 0 rings (SSSR count). The molecule has 5 heavy (non-hydrogen) atoms. The van der Waals surface area contributed by atoms with Crippen LogP contribution in [0.5, 0.6) is 0 Å². The molecule has 0 N–H and O–H groups in total. The van der Waals surface area contributed by atoms with Gasteiger partial charge in [-0.1, -0.05) is 0 Å². The van der Waals surface area contributed by atoms with Gasteiger partial charge in [0.25, 0.3) is 0 Å². The summed E-state index contributed by atoms with van der Waals surface area (Å²) in [5.74, 6) is 0. The van der Waals surface area contributed by atoms with Crippen LogP contribution in [0.3, 0.4) is 0 Å². The van der Waals surface area contributed by atoms with Gasteiger partial charge in [-0.25, -0.2) is 0 Å². The van der Waals surface area contributed by atoms with Crippen molar-refractivity contribution in [1.29, 1.82) is 0 Å². The van der Waals surface area contributed by atoms with E-state index in [1.165, 1.54) is 0 Å². The Kier molecular flexibility index (Phi) is 201. The zero-order chi connectivity index (χ0) is 2.00. The van der Waals surface area contributed by atoms with Crippen molar-refractivity contribution in [2.75, 3.05) is 0 Å². The smallest absolute Gasteiger partial charge is 0 e. The monoisotopic (exact) mass is 363 g/mol. The predicted octanol–water partition coefficient (Wildman–Crippen LogP) is 1.21. The van der Waals surface area contributed by atoms with Crippen molar-refractivity contribution in [3.05, 3.63) is 7.43 Å². The zero-order valence-electron chi connectivity index (χ0n) is 2.71. The fraction of sp³-hybridized carbons (Fsp3) is 0. The molecule has 0 bridgehead atoms. The Hall–Kier alpha value is 2.08. The van der Waals surface area contributed by atoms with E-state index >= 15 is 0 Å². The van der Waals surface area contributed by atoms with Crippen LogP contribution in [0, 0.1) is 7.43 Å². The maximum absolute atomic E-state index is 3.22. The summed E-state index contributed by atoms with van der Waals surface area (Å²) >= 11 is 6.44. The molecule has 4 heteroatoms. The van der Waals surface area contributed by atoms with Crippen LogP contribution < -0.4 is 0 Å². The van der Waals surface area contributed by atoms with Gasteiger partial charge in [-0.2, -0.15) is 0 Å². The topological polar surface area (TPSA) is 0 Å². The van der Waals surface area contributed by atoms with Crippen LogP contribution in [0.4, 0.5) is 0 Å². The van der Waals surface area contributed by atoms with Crippen LogP contribution in [0.15, 0.2) is 0 Å². The van der Waals surface area contributed by atoms with Gasteiger partial charge in [0.05, 0.1) is 0 Å². The third kappa shape index (κ3) is 23.4. The Morgan fingerprint density at radius 1 is 1.00 bits per heavy atom. The fourth-order valence-corrected chi connectivity index (χ4v) is 0. The van der Waals surface area contributed by atoms with E-state index in [1.807, 2.05) is 0 Å². The van der Waals surface area contributed by atoms with Crippen molar-refractivity contribution < 1.29 is 42.1 Å². The minimum atomic E-state index is 0. The molecule has 0 fully saturated rings. The van der Waals surface area contributed by atoms with Crippen molar-refractivity contribution in [2.45, 2.75) is 0 Å². The molecule has 0 amide bonds. The van der Waals surface area contributed by atoms with E-state index in [4.69, 9.17) is 0 Å². The Morgan fingerprint density at radius 2 is 1.00 bits per heavy atom. The largest absolute Gasteiger partial charge is 0.358 e. The van der Waals surface area contributed by atoms with E-state index in [2.05, 4.69) is 23.3 Å². The van der Waals surface area contributed by atoms with Gasteiger partial charge in [-0.15, -0.1) is 23.3 Å². The third-order valence-electron chi connectivity index (χ3n) is 0. The summed E-state index contributed by atoms with van der Waals surface area (Å²) in [6.07, 6.45) is 0. The maximum Gasteiger partial charge on any atom is 0 e. The first-order valence-corrected chi connectivity index (χ1v) is 1.80. The van der Waals surface area contributed by atoms with Gasteiger partial charge in [0.2, 0.25) is 0 Å². The minimum absolute atomic E-state index is 0. The van der Waals surface area contributed by atoms with Crippen LogP contribution >= 0.6 is 23.3 Å². The molecular formula is CH5MoS2W-. The molecule has 0 spiro atoms. The predicted molar refractivity (Wildman–Crippen MR) is 24.4 cm³/mol. The van der Waals surface area contributed by atoms with Gasteiger partial charge in [0, 0.05) is 42.1 Å². The number of rotatable bonds is 0. The second-order valence-corrected chi connectivity index (χ2v) is 0. The summed E-state index contributed by atoms with van der Waals surface area (Å²) in [5.41, 5.74) is 0. The third-order valence-corrected chi connectivity index (χ3v) is 0. The molecule has 0 nitrogen and oxygen atoms in total. The first-order chi connectivity index (χ1) is 1.00. The van der Waals surface area contributed by atoms with E-state index in [1.54, 1.807) is 0 Å². The Morgan fingerprint density at radius 3 is 1.00 bits per heavy atom. The van der Waals surface area contributed by atoms with Crippen LogP contribution in [-0.2, 0) is 42.1 Å². The molecule has 0 saturated heterocycles. The second kappa shape index (κ2) is 36.3. The molecule has 0 radical (unpaired) electrons. The SMILES string of the molecule is SS.[CH3-].[Mo].[W]. The number of hydrogen-bond donors (Lipinski definition) is 2. The molecule has 0 saturated carbocycles. The van der Waals surface area contributed by atoms with Gasteiger partial charge < -0.3 is 7.43 Å². The molecular weight excluding hydrogens is 356 g/mol. The average molecular weight is 361 g/mol. The summed E-state index contributed by atoms with van der Waals surface area (Å²) in [7, 11) is 0. The zero-order valence-corrected chi connectivity index (χ0v) is 9.44. The van der Waals surface area contributed by atoms with E-state index in [9.17, 15) is 0 Å². The Bertz CT molecular complexity index is 9.61. The van der Waals surface area contributed by atoms with Gasteiger partial charge in [0.15, 0.2) is 0 Å². The molecule has 0 atom stereocenters. The van der Waals surface area contributed by atoms with Gasteiger partial charge >= 0.3 is 0 Å². The van der Waals surface area contributed by atoms with Crippen LogP contribution in [0.1, 0.15) is 0 Å². The van der Waals surface area contributed by atoms with Gasteiger partial charge in [-0.05, 0) is 0 Å². The summed E-state index contributed by atoms with van der Waals surface area (Å²) < 4.78 is 0. The molecule has 0 aromatic rings. The Labute approximate surface area is 72.2 Å².